The number of amides is 2. The van der Waals surface area contributed by atoms with E-state index < -0.39 is 0 Å². The number of rotatable bonds is 5. The molecule has 0 atom stereocenters. The van der Waals surface area contributed by atoms with Crippen LogP contribution in [0.2, 0.25) is 0 Å². The van der Waals surface area contributed by atoms with Gasteiger partial charge in [-0.3, -0.25) is 9.59 Å². The van der Waals surface area contributed by atoms with E-state index in [1.165, 1.54) is 6.42 Å². The van der Waals surface area contributed by atoms with Crippen LogP contribution < -0.4 is 4.74 Å². The number of hydrogen-bond donors (Lipinski definition) is 0. The molecule has 3 aromatic rings. The number of aromatic nitrogens is 3. The Labute approximate surface area is 205 Å². The summed E-state index contributed by atoms with van der Waals surface area (Å²) in [5.74, 6) is 1.50. The van der Waals surface area contributed by atoms with Gasteiger partial charge in [0.05, 0.1) is 12.8 Å². The van der Waals surface area contributed by atoms with Crippen LogP contribution in [0.4, 0.5) is 0 Å². The molecule has 3 heterocycles. The third-order valence-corrected chi connectivity index (χ3v) is 6.93. The van der Waals surface area contributed by atoms with Crippen molar-refractivity contribution in [3.05, 3.63) is 60.4 Å². The maximum atomic E-state index is 13.4. The van der Waals surface area contributed by atoms with E-state index in [1.54, 1.807) is 16.7 Å². The van der Waals surface area contributed by atoms with Gasteiger partial charge in [0.1, 0.15) is 5.75 Å². The van der Waals surface area contributed by atoms with Crippen molar-refractivity contribution in [2.45, 2.75) is 32.1 Å². The highest BCUT2D eigenvalue weighted by Gasteiger charge is 2.32. The summed E-state index contributed by atoms with van der Waals surface area (Å²) < 4.78 is 7.08. The van der Waals surface area contributed by atoms with E-state index in [4.69, 9.17) is 4.74 Å². The van der Waals surface area contributed by atoms with Crippen LogP contribution in [-0.2, 0) is 4.79 Å². The third-order valence-electron chi connectivity index (χ3n) is 6.93. The molecule has 2 saturated heterocycles. The van der Waals surface area contributed by atoms with E-state index in [1.807, 2.05) is 59.5 Å². The van der Waals surface area contributed by atoms with Crippen LogP contribution in [0.5, 0.6) is 5.75 Å². The first-order chi connectivity index (χ1) is 17.1. The zero-order valence-corrected chi connectivity index (χ0v) is 20.1. The molecule has 1 aromatic heterocycles. The largest absolute Gasteiger partial charge is 0.497 e. The van der Waals surface area contributed by atoms with Gasteiger partial charge in [0.2, 0.25) is 11.7 Å². The maximum absolute atomic E-state index is 13.4. The minimum Gasteiger partial charge on any atom is -0.497 e. The maximum Gasteiger partial charge on any atom is 0.293 e. The number of likely N-dealkylation sites (tertiary alicyclic amines) is 2. The molecule has 0 radical (unpaired) electrons. The third kappa shape index (κ3) is 4.92. The van der Waals surface area contributed by atoms with Crippen molar-refractivity contribution < 1.29 is 14.3 Å². The van der Waals surface area contributed by atoms with Gasteiger partial charge in [-0.1, -0.05) is 30.3 Å². The lowest BCUT2D eigenvalue weighted by Gasteiger charge is -2.35. The van der Waals surface area contributed by atoms with Crippen molar-refractivity contribution in [3.8, 4) is 22.8 Å². The molecule has 8 nitrogen and oxygen atoms in total. The zero-order valence-electron chi connectivity index (χ0n) is 20.1. The highest BCUT2D eigenvalue weighted by molar-refractivity contribution is 5.91. The predicted octanol–water partition coefficient (Wildman–Crippen LogP) is 3.81. The number of ether oxygens (including phenoxy) is 1. The zero-order chi connectivity index (χ0) is 24.2. The van der Waals surface area contributed by atoms with Crippen LogP contribution in [0.1, 0.15) is 42.7 Å². The Morgan fingerprint density at radius 1 is 0.886 bits per heavy atom. The number of piperidine rings is 2. The number of benzene rings is 2. The molecule has 2 fully saturated rings. The van der Waals surface area contributed by atoms with Crippen LogP contribution in [-0.4, -0.2) is 69.7 Å². The SMILES string of the molecule is COc1cccc(-c2nc(C(=O)N3CCC(C(=O)N4CCCCC4)CC3)nn2-c2ccccc2)c1. The molecule has 8 heteroatoms. The van der Waals surface area contributed by atoms with Gasteiger partial charge in [0.25, 0.3) is 5.91 Å². The number of carbonyl (C=O) groups is 2. The summed E-state index contributed by atoms with van der Waals surface area (Å²) >= 11 is 0. The lowest BCUT2D eigenvalue weighted by atomic mass is 9.94. The standard InChI is InChI=1S/C27H31N5O3/c1-35-23-12-8-9-21(19-23)25-28-24(29-32(25)22-10-4-2-5-11-22)27(34)31-17-13-20(14-18-31)26(33)30-15-6-3-7-16-30/h2,4-5,8-12,19-20H,3,6-7,13-18H2,1H3. The molecule has 2 aliphatic rings. The smallest absolute Gasteiger partial charge is 0.293 e. The normalized spacial score (nSPS) is 16.8. The van der Waals surface area contributed by atoms with E-state index in [9.17, 15) is 9.59 Å². The number of para-hydroxylation sites is 1. The monoisotopic (exact) mass is 473 g/mol. The fraction of sp³-hybridized carbons (Fsp3) is 0.407. The van der Waals surface area contributed by atoms with Gasteiger partial charge >= 0.3 is 0 Å². The number of hydrogen-bond acceptors (Lipinski definition) is 5. The van der Waals surface area contributed by atoms with Gasteiger partial charge in [0, 0.05) is 37.7 Å². The summed E-state index contributed by atoms with van der Waals surface area (Å²) in [5, 5.41) is 4.61. The average molecular weight is 474 g/mol. The second kappa shape index (κ2) is 10.3. The molecule has 2 aromatic carbocycles. The summed E-state index contributed by atoms with van der Waals surface area (Å²) in [4.78, 5) is 34.7. The lowest BCUT2D eigenvalue weighted by molar-refractivity contribution is -0.137. The number of nitrogens with zero attached hydrogens (tertiary/aromatic N) is 5. The summed E-state index contributed by atoms with van der Waals surface area (Å²) in [5.41, 5.74) is 1.63. The number of methoxy groups -OCH3 is 1. The minimum absolute atomic E-state index is 0.000620. The molecule has 2 aliphatic heterocycles. The molecular weight excluding hydrogens is 442 g/mol. The van der Waals surface area contributed by atoms with E-state index in [2.05, 4.69) is 10.1 Å². The molecule has 182 valence electrons. The highest BCUT2D eigenvalue weighted by Crippen LogP contribution is 2.27. The van der Waals surface area contributed by atoms with Crippen LogP contribution in [0.15, 0.2) is 54.6 Å². The Kier molecular flexibility index (Phi) is 6.79. The van der Waals surface area contributed by atoms with E-state index in [-0.39, 0.29) is 23.6 Å². The molecular formula is C27H31N5O3. The molecule has 5 rings (SSSR count). The Morgan fingerprint density at radius 2 is 1.63 bits per heavy atom. The van der Waals surface area contributed by atoms with Crippen molar-refractivity contribution in [1.82, 2.24) is 24.6 Å². The summed E-state index contributed by atoms with van der Waals surface area (Å²) in [6, 6.07) is 17.2. The summed E-state index contributed by atoms with van der Waals surface area (Å²) in [6.45, 7) is 2.81. The Hall–Kier alpha value is -3.68. The van der Waals surface area contributed by atoms with Gasteiger partial charge in [0.15, 0.2) is 5.82 Å². The summed E-state index contributed by atoms with van der Waals surface area (Å²) in [6.07, 6.45) is 4.76. The minimum atomic E-state index is -0.201. The quantitative estimate of drug-likeness (QED) is 0.563. The molecule has 0 bridgehead atoms. The van der Waals surface area contributed by atoms with Gasteiger partial charge in [-0.15, -0.1) is 5.10 Å². The Bertz CT molecular complexity index is 1180. The van der Waals surface area contributed by atoms with Crippen molar-refractivity contribution in [3.63, 3.8) is 0 Å². The second-order valence-electron chi connectivity index (χ2n) is 9.19. The highest BCUT2D eigenvalue weighted by atomic mass is 16.5. The summed E-state index contributed by atoms with van der Waals surface area (Å²) in [7, 11) is 1.62. The topological polar surface area (TPSA) is 80.6 Å². The molecule has 0 unspecified atom stereocenters. The van der Waals surface area contributed by atoms with Crippen LogP contribution in [0.25, 0.3) is 17.1 Å². The first-order valence-corrected chi connectivity index (χ1v) is 12.4. The van der Waals surface area contributed by atoms with Crippen molar-refractivity contribution in [1.29, 1.82) is 0 Å². The lowest BCUT2D eigenvalue weighted by Crippen LogP contribution is -2.45. The first-order valence-electron chi connectivity index (χ1n) is 12.4. The van der Waals surface area contributed by atoms with Crippen LogP contribution in [0, 0.1) is 5.92 Å². The van der Waals surface area contributed by atoms with E-state index in [0.29, 0.717) is 37.5 Å². The molecule has 0 N–H and O–H groups in total. The fourth-order valence-corrected chi connectivity index (χ4v) is 4.94. The predicted molar refractivity (Wildman–Crippen MR) is 132 cm³/mol. The van der Waals surface area contributed by atoms with Gasteiger partial charge in [-0.2, -0.15) is 0 Å². The van der Waals surface area contributed by atoms with Crippen molar-refractivity contribution >= 4 is 11.8 Å². The van der Waals surface area contributed by atoms with Gasteiger partial charge in [-0.05, 0) is 56.4 Å². The molecule has 0 saturated carbocycles. The van der Waals surface area contributed by atoms with Crippen LogP contribution >= 0.6 is 0 Å². The van der Waals surface area contributed by atoms with E-state index in [0.717, 1.165) is 37.2 Å². The van der Waals surface area contributed by atoms with Crippen molar-refractivity contribution in [2.24, 2.45) is 5.92 Å². The fourth-order valence-electron chi connectivity index (χ4n) is 4.94. The number of carbonyl (C=O) groups excluding carboxylic acids is 2. The Balaban J connectivity index is 1.35. The van der Waals surface area contributed by atoms with Gasteiger partial charge in [-0.25, -0.2) is 9.67 Å². The molecule has 35 heavy (non-hydrogen) atoms. The molecule has 2 amide bonds. The van der Waals surface area contributed by atoms with E-state index >= 15 is 0 Å². The second-order valence-corrected chi connectivity index (χ2v) is 9.19. The van der Waals surface area contributed by atoms with Crippen molar-refractivity contribution in [2.75, 3.05) is 33.3 Å². The Morgan fingerprint density at radius 3 is 2.34 bits per heavy atom. The van der Waals surface area contributed by atoms with Gasteiger partial charge < -0.3 is 14.5 Å². The molecule has 0 aliphatic carbocycles. The molecule has 0 spiro atoms. The average Bonchev–Trinajstić information content (AvgIpc) is 3.39. The van der Waals surface area contributed by atoms with Crippen LogP contribution in [0.3, 0.4) is 0 Å². The first kappa shape index (κ1) is 23.1.